The lowest BCUT2D eigenvalue weighted by molar-refractivity contribution is -0.123. The van der Waals surface area contributed by atoms with Crippen molar-refractivity contribution in [2.45, 2.75) is 45.1 Å². The monoisotopic (exact) mass is 332 g/mol. The maximum Gasteiger partial charge on any atom is 0.220 e. The summed E-state index contributed by atoms with van der Waals surface area (Å²) in [6.07, 6.45) is 3.05. The van der Waals surface area contributed by atoms with Crippen molar-refractivity contribution >= 4 is 33.2 Å². The first kappa shape index (κ1) is 15.7. The van der Waals surface area contributed by atoms with Crippen LogP contribution in [-0.2, 0) is 11.2 Å². The quantitative estimate of drug-likeness (QED) is 0.806. The van der Waals surface area contributed by atoms with Gasteiger partial charge < -0.3 is 11.1 Å². The Morgan fingerprint density at radius 2 is 2.17 bits per heavy atom. The van der Waals surface area contributed by atoms with Crippen molar-refractivity contribution in [3.63, 3.8) is 0 Å². The van der Waals surface area contributed by atoms with Gasteiger partial charge in [-0.15, -0.1) is 11.3 Å². The van der Waals surface area contributed by atoms with Crippen LogP contribution in [0.5, 0.6) is 0 Å². The van der Waals surface area contributed by atoms with Crippen LogP contribution in [0.15, 0.2) is 15.9 Å². The molecule has 0 saturated heterocycles. The fourth-order valence-corrected chi connectivity index (χ4v) is 3.30. The van der Waals surface area contributed by atoms with Crippen LogP contribution < -0.4 is 11.1 Å². The lowest BCUT2D eigenvalue weighted by atomic mass is 9.92. The smallest absolute Gasteiger partial charge is 0.220 e. The molecule has 0 unspecified atom stereocenters. The second kappa shape index (κ2) is 7.26. The average Bonchev–Trinajstić information content (AvgIpc) is 2.80. The van der Waals surface area contributed by atoms with Crippen molar-refractivity contribution in [2.75, 3.05) is 6.54 Å². The molecule has 1 heterocycles. The van der Waals surface area contributed by atoms with Gasteiger partial charge in [0.15, 0.2) is 0 Å². The van der Waals surface area contributed by atoms with Crippen LogP contribution in [0.2, 0.25) is 0 Å². The predicted molar refractivity (Wildman–Crippen MR) is 80.9 cm³/mol. The van der Waals surface area contributed by atoms with Gasteiger partial charge in [0.2, 0.25) is 5.91 Å². The van der Waals surface area contributed by atoms with E-state index in [0.29, 0.717) is 13.0 Å². The zero-order chi connectivity index (χ0) is 13.6. The molecule has 0 atom stereocenters. The zero-order valence-corrected chi connectivity index (χ0v) is 13.4. The van der Waals surface area contributed by atoms with Crippen molar-refractivity contribution in [1.29, 1.82) is 0 Å². The van der Waals surface area contributed by atoms with E-state index in [2.05, 4.69) is 41.2 Å². The zero-order valence-electron chi connectivity index (χ0n) is 11.0. The number of nitrogens with two attached hydrogens (primary N) is 1. The van der Waals surface area contributed by atoms with Crippen molar-refractivity contribution in [1.82, 2.24) is 5.32 Å². The van der Waals surface area contributed by atoms with Gasteiger partial charge in [-0.05, 0) is 41.3 Å². The molecule has 0 bridgehead atoms. The molecule has 0 radical (unpaired) electrons. The molecule has 3 N–H and O–H groups in total. The summed E-state index contributed by atoms with van der Waals surface area (Å²) in [6, 6.07) is 2.06. The normalized spacial score (nSPS) is 11.6. The summed E-state index contributed by atoms with van der Waals surface area (Å²) in [4.78, 5) is 13.2. The first-order valence-corrected chi connectivity index (χ1v) is 7.96. The lowest BCUT2D eigenvalue weighted by Crippen LogP contribution is -2.52. The molecule has 0 spiro atoms. The van der Waals surface area contributed by atoms with Crippen LogP contribution in [0.3, 0.4) is 0 Å². The largest absolute Gasteiger partial charge is 0.349 e. The van der Waals surface area contributed by atoms with E-state index in [9.17, 15) is 4.79 Å². The Morgan fingerprint density at radius 3 is 2.61 bits per heavy atom. The highest BCUT2D eigenvalue weighted by molar-refractivity contribution is 9.10. The van der Waals surface area contributed by atoms with E-state index in [1.807, 2.05) is 5.38 Å². The molecule has 1 amide bonds. The molecule has 1 rings (SSSR count). The Labute approximate surface area is 121 Å². The number of thiophene rings is 1. The molecule has 0 aromatic carbocycles. The number of hydrogen-bond acceptors (Lipinski definition) is 3. The molecule has 5 heteroatoms. The highest BCUT2D eigenvalue weighted by Crippen LogP contribution is 2.21. The summed E-state index contributed by atoms with van der Waals surface area (Å²) >= 11 is 5.09. The summed E-state index contributed by atoms with van der Waals surface area (Å²) in [5.74, 6) is 0.0914. The van der Waals surface area contributed by atoms with Gasteiger partial charge in [0.25, 0.3) is 0 Å². The Balaban J connectivity index is 2.46. The summed E-state index contributed by atoms with van der Waals surface area (Å²) in [6.45, 7) is 4.62. The van der Waals surface area contributed by atoms with Gasteiger partial charge in [-0.25, -0.2) is 0 Å². The maximum atomic E-state index is 11.9. The van der Waals surface area contributed by atoms with Crippen LogP contribution in [0.4, 0.5) is 0 Å². The number of carbonyl (C=O) groups excluding carboxylic acids is 1. The molecule has 1 aromatic rings. The standard InChI is InChI=1S/C13H21BrN2OS/c1-3-13(4-2,9-15)16-12(17)6-5-11-7-10(14)8-18-11/h7-8H,3-6,9,15H2,1-2H3,(H,16,17). The van der Waals surface area contributed by atoms with E-state index >= 15 is 0 Å². The third kappa shape index (κ3) is 4.37. The lowest BCUT2D eigenvalue weighted by Gasteiger charge is -2.31. The first-order valence-electron chi connectivity index (χ1n) is 6.29. The maximum absolute atomic E-state index is 11.9. The van der Waals surface area contributed by atoms with E-state index in [0.717, 1.165) is 23.7 Å². The molecular weight excluding hydrogens is 312 g/mol. The highest BCUT2D eigenvalue weighted by atomic mass is 79.9. The molecule has 0 fully saturated rings. The second-order valence-electron chi connectivity index (χ2n) is 4.47. The highest BCUT2D eigenvalue weighted by Gasteiger charge is 2.25. The van der Waals surface area contributed by atoms with Crippen molar-refractivity contribution in [3.05, 3.63) is 20.8 Å². The Hall–Kier alpha value is -0.390. The number of nitrogens with one attached hydrogen (secondary N) is 1. The minimum atomic E-state index is -0.229. The molecule has 102 valence electrons. The van der Waals surface area contributed by atoms with E-state index in [1.54, 1.807) is 11.3 Å². The molecule has 0 aliphatic rings. The number of hydrogen-bond donors (Lipinski definition) is 2. The number of carbonyl (C=O) groups is 1. The van der Waals surface area contributed by atoms with Gasteiger partial charge in [0.05, 0.1) is 5.54 Å². The number of rotatable bonds is 7. The van der Waals surface area contributed by atoms with Crippen molar-refractivity contribution < 1.29 is 4.79 Å². The summed E-state index contributed by atoms with van der Waals surface area (Å²) in [5, 5.41) is 5.12. The molecule has 0 saturated carbocycles. The Bertz CT molecular complexity index is 380. The molecule has 1 aromatic heterocycles. The SMILES string of the molecule is CCC(CC)(CN)NC(=O)CCc1cc(Br)cs1. The van der Waals surface area contributed by atoms with Gasteiger partial charge >= 0.3 is 0 Å². The van der Waals surface area contributed by atoms with Gasteiger partial charge in [-0.3, -0.25) is 4.79 Å². The van der Waals surface area contributed by atoms with Crippen LogP contribution in [0, 0.1) is 0 Å². The van der Waals surface area contributed by atoms with Crippen molar-refractivity contribution in [3.8, 4) is 0 Å². The average molecular weight is 333 g/mol. The van der Waals surface area contributed by atoms with Crippen molar-refractivity contribution in [2.24, 2.45) is 5.73 Å². The van der Waals surface area contributed by atoms with Crippen LogP contribution in [-0.4, -0.2) is 18.0 Å². The van der Waals surface area contributed by atoms with Gasteiger partial charge in [-0.1, -0.05) is 13.8 Å². The third-order valence-corrected chi connectivity index (χ3v) is 5.13. The fraction of sp³-hybridized carbons (Fsp3) is 0.615. The molecule has 0 aliphatic carbocycles. The van der Waals surface area contributed by atoms with E-state index in [-0.39, 0.29) is 11.4 Å². The number of halogens is 1. The van der Waals surface area contributed by atoms with E-state index in [4.69, 9.17) is 5.73 Å². The Kier molecular flexibility index (Phi) is 6.32. The van der Waals surface area contributed by atoms with Crippen LogP contribution in [0.25, 0.3) is 0 Å². The summed E-state index contributed by atoms with van der Waals surface area (Å²) in [7, 11) is 0. The van der Waals surface area contributed by atoms with Crippen LogP contribution in [0.1, 0.15) is 38.0 Å². The topological polar surface area (TPSA) is 55.1 Å². The minimum absolute atomic E-state index is 0.0914. The number of amides is 1. The van der Waals surface area contributed by atoms with Crippen LogP contribution >= 0.6 is 27.3 Å². The summed E-state index contributed by atoms with van der Waals surface area (Å²) in [5.41, 5.74) is 5.54. The van der Waals surface area contributed by atoms with Gasteiger partial charge in [0.1, 0.15) is 0 Å². The molecule has 3 nitrogen and oxygen atoms in total. The van der Waals surface area contributed by atoms with Gasteiger partial charge in [0, 0.05) is 27.7 Å². The predicted octanol–water partition coefficient (Wildman–Crippen LogP) is 3.08. The third-order valence-electron chi connectivity index (χ3n) is 3.37. The fourth-order valence-electron chi connectivity index (χ4n) is 1.85. The summed E-state index contributed by atoms with van der Waals surface area (Å²) < 4.78 is 1.08. The second-order valence-corrected chi connectivity index (χ2v) is 6.38. The van der Waals surface area contributed by atoms with Gasteiger partial charge in [-0.2, -0.15) is 0 Å². The first-order chi connectivity index (χ1) is 8.55. The molecule has 0 aliphatic heterocycles. The van der Waals surface area contributed by atoms with E-state index in [1.165, 1.54) is 4.88 Å². The Morgan fingerprint density at radius 1 is 1.50 bits per heavy atom. The number of aryl methyl sites for hydroxylation is 1. The van der Waals surface area contributed by atoms with E-state index < -0.39 is 0 Å². The minimum Gasteiger partial charge on any atom is -0.349 e. The molecule has 18 heavy (non-hydrogen) atoms. The molecular formula is C13H21BrN2OS.